The van der Waals surface area contributed by atoms with Gasteiger partial charge in [-0.3, -0.25) is 6.29 Å². The zero-order chi connectivity index (χ0) is 14.5. The van der Waals surface area contributed by atoms with Gasteiger partial charge in [0, 0.05) is 12.6 Å². The summed E-state index contributed by atoms with van der Waals surface area (Å²) < 4.78 is 4.43. The van der Waals surface area contributed by atoms with Gasteiger partial charge in [0.05, 0.1) is 0 Å². The number of H-pyrrole nitrogens is 1. The van der Waals surface area contributed by atoms with Gasteiger partial charge >= 0.3 is 103 Å². The molecule has 0 fully saturated rings. The van der Waals surface area contributed by atoms with Crippen LogP contribution in [-0.2, 0) is 9.53 Å². The second-order valence-corrected chi connectivity index (χ2v) is 3.15. The topological polar surface area (TPSA) is 42.1 Å². The van der Waals surface area contributed by atoms with Gasteiger partial charge in [-0.25, -0.2) is 0 Å². The quantitative estimate of drug-likeness (QED) is 0.277. The monoisotopic (exact) mass is 351 g/mol. The number of hydrogen-bond donors (Lipinski definition) is 1. The molecule has 0 bridgehead atoms. The number of aromatic nitrogens is 1. The Balaban J connectivity index is -0.000000356. The third kappa shape index (κ3) is 11.6. The molecule has 102 valence electrons. The Morgan fingerprint density at radius 3 is 2.48 bits per heavy atom. The second-order valence-electron chi connectivity index (χ2n) is 3.15. The van der Waals surface area contributed by atoms with E-state index in [0.29, 0.717) is 6.61 Å². The fourth-order valence-electron chi connectivity index (χ4n) is 1.30. The number of allylic oxidation sites excluding steroid dienone is 1. The van der Waals surface area contributed by atoms with Crippen LogP contribution in [0.15, 0.2) is 36.5 Å². The van der Waals surface area contributed by atoms with E-state index in [9.17, 15) is 4.79 Å². The molecule has 1 N–H and O–H groups in total. The van der Waals surface area contributed by atoms with Gasteiger partial charge in [-0.1, -0.05) is 24.8 Å². The molecule has 1 aromatic carbocycles. The molecule has 2 aromatic rings. The third-order valence-corrected chi connectivity index (χ3v) is 2.08. The van der Waals surface area contributed by atoms with Crippen LogP contribution in [0, 0.1) is 13.0 Å². The van der Waals surface area contributed by atoms with Crippen molar-refractivity contribution in [1.82, 2.24) is 4.98 Å². The number of aromatic amines is 1. The summed E-state index contributed by atoms with van der Waals surface area (Å²) in [6.45, 7) is 3.95. The predicted octanol–water partition coefficient (Wildman–Crippen LogP) is -3.05. The zero-order valence-electron chi connectivity index (χ0n) is 12.7. The first-order valence-corrected chi connectivity index (χ1v) is 5.84. The molecule has 6 heteroatoms. The number of hydrogen-bond acceptors (Lipinski definition) is 3. The van der Waals surface area contributed by atoms with Crippen LogP contribution in [0.2, 0.25) is 0 Å². The van der Waals surface area contributed by atoms with Gasteiger partial charge in [-0.2, -0.15) is 5.56 Å². The van der Waals surface area contributed by atoms with Crippen molar-refractivity contribution in [2.45, 2.75) is 0 Å². The number of fused-ring (bicyclic) bond motifs is 1. The molecule has 0 atom stereocenters. The first-order valence-electron chi connectivity index (χ1n) is 5.37. The summed E-state index contributed by atoms with van der Waals surface area (Å²) in [4.78, 5) is 13.1. The maximum Gasteiger partial charge on any atom is 1.00 e. The van der Waals surface area contributed by atoms with Gasteiger partial charge in [0.25, 0.3) is 0 Å². The van der Waals surface area contributed by atoms with E-state index in [-0.39, 0.29) is 103 Å². The summed E-state index contributed by atoms with van der Waals surface area (Å²) in [6, 6.07) is 7.86. The molecule has 0 spiro atoms. The van der Waals surface area contributed by atoms with E-state index >= 15 is 0 Å². The maximum absolute atomic E-state index is 9.98. The van der Waals surface area contributed by atoms with Crippen molar-refractivity contribution in [2.75, 3.05) is 13.7 Å². The van der Waals surface area contributed by atoms with Crippen molar-refractivity contribution >= 4 is 35.3 Å². The van der Waals surface area contributed by atoms with Crippen LogP contribution < -0.4 is 103 Å². The molecule has 0 unspecified atom stereocenters. The van der Waals surface area contributed by atoms with Crippen molar-refractivity contribution in [3.05, 3.63) is 55.1 Å². The molecular formula is C15H15K2NO2S-2. The van der Waals surface area contributed by atoms with Gasteiger partial charge in [0.2, 0.25) is 0 Å². The molecule has 0 aliphatic carbocycles. The Bertz CT molecular complexity index is 513. The zero-order valence-corrected chi connectivity index (χ0v) is 19.7. The van der Waals surface area contributed by atoms with Crippen LogP contribution in [0.3, 0.4) is 0 Å². The van der Waals surface area contributed by atoms with Gasteiger partial charge in [0.15, 0.2) is 0 Å². The van der Waals surface area contributed by atoms with E-state index in [4.69, 9.17) is 0 Å². The van der Waals surface area contributed by atoms with E-state index in [0.717, 1.165) is 16.5 Å². The van der Waals surface area contributed by atoms with Crippen molar-refractivity contribution < 1.29 is 112 Å². The van der Waals surface area contributed by atoms with E-state index in [1.807, 2.05) is 30.5 Å². The molecule has 0 aliphatic heterocycles. The number of rotatable bonds is 3. The summed E-state index contributed by atoms with van der Waals surface area (Å²) >= 11 is 3.58. The van der Waals surface area contributed by atoms with Gasteiger partial charge in [-0.15, -0.1) is 0 Å². The average molecular weight is 352 g/mol. The Labute approximate surface area is 217 Å². The second kappa shape index (κ2) is 19.5. The van der Waals surface area contributed by atoms with Crippen LogP contribution in [0.25, 0.3) is 10.9 Å². The van der Waals surface area contributed by atoms with Crippen LogP contribution in [0.5, 0.6) is 0 Å². The fraction of sp³-hybridized carbons (Fsp3) is 0.133. The predicted molar refractivity (Wildman–Crippen MR) is 81.8 cm³/mol. The van der Waals surface area contributed by atoms with E-state index in [1.165, 1.54) is 6.08 Å². The molecule has 1 heterocycles. The summed E-state index contributed by atoms with van der Waals surface area (Å²) in [5.41, 5.74) is 1.93. The summed E-state index contributed by atoms with van der Waals surface area (Å²) in [5.74, 6) is 4.08. The minimum Gasteiger partial charge on any atom is -0.540 e. The standard InChI is InChI=1S/C11H7NO.C3H7O.CHS.2K/c13-7-3-4-9-8-12-11-6-2-1-5-10(9)11;1-3-4-2;1-2;;/h1-3,5-6,8,12H;1,3H2,2H3;1H;;/q-2;2*-1;2*+1. The molecule has 0 saturated heterocycles. The number of thiocarbonyl (C=S) groups is 1. The average Bonchev–Trinajstić information content (AvgIpc) is 2.91. The van der Waals surface area contributed by atoms with Crippen LogP contribution in [-0.4, -0.2) is 30.9 Å². The summed E-state index contributed by atoms with van der Waals surface area (Å²) in [7, 11) is 1.62. The summed E-state index contributed by atoms with van der Waals surface area (Å²) in [6.07, 6.45) is 7.57. The molecule has 3 nitrogen and oxygen atoms in total. The SMILES string of the molecule is O=[C-]C=[C-]c1c[nH]c2ccccc12.[CH-]=S.[CH2-]COC.[K+].[K+]. The van der Waals surface area contributed by atoms with Gasteiger partial charge in [0.1, 0.15) is 0 Å². The number of nitrogens with one attached hydrogen (secondary N) is 1. The van der Waals surface area contributed by atoms with Crippen LogP contribution >= 0.6 is 12.2 Å². The van der Waals surface area contributed by atoms with Crippen molar-refractivity contribution in [2.24, 2.45) is 0 Å². The number of methoxy groups -OCH3 is 1. The van der Waals surface area contributed by atoms with E-state index in [1.54, 1.807) is 13.4 Å². The van der Waals surface area contributed by atoms with Crippen molar-refractivity contribution in [3.63, 3.8) is 0 Å². The Morgan fingerprint density at radius 2 is 1.95 bits per heavy atom. The molecule has 2 rings (SSSR count). The molecule has 0 saturated carbocycles. The van der Waals surface area contributed by atoms with Crippen molar-refractivity contribution in [3.8, 4) is 0 Å². The molecule has 1 aromatic heterocycles. The van der Waals surface area contributed by atoms with E-state index in [2.05, 4.69) is 40.8 Å². The van der Waals surface area contributed by atoms with E-state index < -0.39 is 0 Å². The Morgan fingerprint density at radius 1 is 1.38 bits per heavy atom. The number of benzene rings is 1. The number of ether oxygens (including phenoxy) is 1. The van der Waals surface area contributed by atoms with Gasteiger partial charge in [-0.05, 0) is 17.6 Å². The minimum atomic E-state index is 0. The van der Waals surface area contributed by atoms with Crippen LogP contribution in [0.1, 0.15) is 5.56 Å². The first-order chi connectivity index (χ1) is 9.33. The smallest absolute Gasteiger partial charge is 0.540 e. The molecular weight excluding hydrogens is 336 g/mol. The Hall–Kier alpha value is 1.49. The maximum atomic E-state index is 9.98. The normalized spacial score (nSPS) is 8.48. The molecule has 0 aliphatic rings. The Kier molecular flexibility index (Phi) is 25.4. The third-order valence-electron chi connectivity index (χ3n) is 2.08. The van der Waals surface area contributed by atoms with Crippen molar-refractivity contribution in [1.29, 1.82) is 0 Å². The van der Waals surface area contributed by atoms with Gasteiger partial charge < -0.3 is 51.7 Å². The summed E-state index contributed by atoms with van der Waals surface area (Å²) in [5, 5.41) is 1.06. The number of carbonyl (C=O) groups excluding carboxylic acids is 1. The minimum absolute atomic E-state index is 0. The van der Waals surface area contributed by atoms with Crippen LogP contribution in [0.4, 0.5) is 0 Å². The first kappa shape index (κ1) is 27.3. The molecule has 0 radical (unpaired) electrons. The molecule has 21 heavy (non-hydrogen) atoms. The number of para-hydroxylation sites is 1. The largest absolute Gasteiger partial charge is 1.00 e. The molecule has 0 amide bonds. The fourth-order valence-corrected chi connectivity index (χ4v) is 1.30.